The number of ketones is 1. The van der Waals surface area contributed by atoms with Gasteiger partial charge in [0.05, 0.1) is 6.54 Å². The highest BCUT2D eigenvalue weighted by atomic mass is 35.5. The number of aromatic amines is 1. The summed E-state index contributed by atoms with van der Waals surface area (Å²) in [4.78, 5) is 38.4. The molecule has 4 N–H and O–H groups in total. The fourth-order valence-electron chi connectivity index (χ4n) is 2.57. The number of anilines is 1. The molecular formula is C17H21ClN4O3. The molecule has 1 aromatic heterocycles. The van der Waals surface area contributed by atoms with Crippen molar-refractivity contribution in [2.24, 2.45) is 0 Å². The van der Waals surface area contributed by atoms with E-state index in [9.17, 15) is 14.4 Å². The van der Waals surface area contributed by atoms with Crippen molar-refractivity contribution in [3.63, 3.8) is 0 Å². The van der Waals surface area contributed by atoms with Crippen LogP contribution in [0.2, 0.25) is 5.02 Å². The van der Waals surface area contributed by atoms with Gasteiger partial charge in [0.15, 0.2) is 5.78 Å². The number of hydrogen-bond acceptors (Lipinski definition) is 5. The van der Waals surface area contributed by atoms with Gasteiger partial charge in [0.25, 0.3) is 5.56 Å². The molecule has 0 fully saturated rings. The number of rotatable bonds is 7. The van der Waals surface area contributed by atoms with E-state index in [1.165, 1.54) is 4.57 Å². The monoisotopic (exact) mass is 364 g/mol. The van der Waals surface area contributed by atoms with Crippen molar-refractivity contribution in [2.45, 2.75) is 32.9 Å². The summed E-state index contributed by atoms with van der Waals surface area (Å²) in [7, 11) is 0. The average molecular weight is 365 g/mol. The maximum absolute atomic E-state index is 12.5. The highest BCUT2D eigenvalue weighted by Crippen LogP contribution is 2.22. The summed E-state index contributed by atoms with van der Waals surface area (Å²) in [5.41, 5.74) is 5.14. The molecule has 0 aliphatic rings. The molecule has 0 saturated carbocycles. The lowest BCUT2D eigenvalue weighted by Crippen LogP contribution is -2.38. The number of halogens is 1. The molecule has 0 aliphatic heterocycles. The van der Waals surface area contributed by atoms with Gasteiger partial charge >= 0.3 is 5.69 Å². The first-order chi connectivity index (χ1) is 11.9. The molecule has 25 heavy (non-hydrogen) atoms. The normalized spacial score (nSPS) is 12.1. The van der Waals surface area contributed by atoms with Gasteiger partial charge in [0, 0.05) is 17.6 Å². The van der Waals surface area contributed by atoms with Crippen molar-refractivity contribution in [1.82, 2.24) is 14.9 Å². The topological polar surface area (TPSA) is 110 Å². The van der Waals surface area contributed by atoms with E-state index in [2.05, 4.69) is 10.3 Å². The van der Waals surface area contributed by atoms with Crippen LogP contribution in [0.15, 0.2) is 33.9 Å². The van der Waals surface area contributed by atoms with Gasteiger partial charge in [-0.15, -0.1) is 0 Å². The third-order valence-corrected chi connectivity index (χ3v) is 4.25. The van der Waals surface area contributed by atoms with Crippen molar-refractivity contribution in [2.75, 3.05) is 12.3 Å². The highest BCUT2D eigenvalue weighted by Gasteiger charge is 2.20. The Morgan fingerprint density at radius 3 is 2.68 bits per heavy atom. The maximum Gasteiger partial charge on any atom is 0.329 e. The Kier molecular flexibility index (Phi) is 6.17. The van der Waals surface area contributed by atoms with Gasteiger partial charge in [-0.1, -0.05) is 36.7 Å². The second-order valence-electron chi connectivity index (χ2n) is 5.72. The lowest BCUT2D eigenvalue weighted by atomic mass is 10.1. The van der Waals surface area contributed by atoms with Crippen LogP contribution < -0.4 is 22.3 Å². The van der Waals surface area contributed by atoms with Crippen LogP contribution >= 0.6 is 11.6 Å². The Labute approximate surface area is 149 Å². The molecule has 0 unspecified atom stereocenters. The zero-order valence-electron chi connectivity index (χ0n) is 14.1. The van der Waals surface area contributed by atoms with Gasteiger partial charge < -0.3 is 11.1 Å². The first-order valence-electron chi connectivity index (χ1n) is 8.00. The summed E-state index contributed by atoms with van der Waals surface area (Å²) in [6, 6.07) is 7.10. The number of benzene rings is 1. The predicted molar refractivity (Wildman–Crippen MR) is 98.2 cm³/mol. The maximum atomic E-state index is 12.5. The zero-order valence-corrected chi connectivity index (χ0v) is 14.9. The van der Waals surface area contributed by atoms with Crippen LogP contribution in [0.3, 0.4) is 0 Å². The number of Topliss-reactive ketones (excluding diaryl/α,β-unsaturated/α-hetero) is 1. The molecule has 1 aromatic carbocycles. The van der Waals surface area contributed by atoms with Crippen molar-refractivity contribution < 1.29 is 4.79 Å². The first kappa shape index (κ1) is 19.0. The summed E-state index contributed by atoms with van der Waals surface area (Å²) >= 11 is 6.14. The van der Waals surface area contributed by atoms with E-state index in [-0.39, 0.29) is 24.0 Å². The first-order valence-corrected chi connectivity index (χ1v) is 8.38. The van der Waals surface area contributed by atoms with Gasteiger partial charge in [-0.25, -0.2) is 4.79 Å². The second kappa shape index (κ2) is 8.13. The molecule has 1 heterocycles. The summed E-state index contributed by atoms with van der Waals surface area (Å²) in [6.07, 6.45) is 0.644. The van der Waals surface area contributed by atoms with Crippen LogP contribution in [0.4, 0.5) is 5.82 Å². The van der Waals surface area contributed by atoms with E-state index in [4.69, 9.17) is 17.3 Å². The smallest absolute Gasteiger partial charge is 0.329 e. The van der Waals surface area contributed by atoms with Crippen LogP contribution in [0.25, 0.3) is 0 Å². The predicted octanol–water partition coefficient (Wildman–Crippen LogP) is 1.72. The number of carbonyl (C=O) groups excluding carboxylic acids is 1. The fourth-order valence-corrected chi connectivity index (χ4v) is 2.87. The quantitative estimate of drug-likeness (QED) is 0.648. The Balaban J connectivity index is 2.22. The van der Waals surface area contributed by atoms with E-state index >= 15 is 0 Å². The van der Waals surface area contributed by atoms with E-state index in [1.807, 2.05) is 32.0 Å². The largest absolute Gasteiger partial charge is 0.384 e. The Morgan fingerprint density at radius 1 is 1.36 bits per heavy atom. The third-order valence-electron chi connectivity index (χ3n) is 3.91. The molecule has 134 valence electrons. The molecule has 0 bridgehead atoms. The summed E-state index contributed by atoms with van der Waals surface area (Å²) in [5.74, 6) is -0.588. The van der Waals surface area contributed by atoms with E-state index in [0.29, 0.717) is 18.0 Å². The minimum absolute atomic E-state index is 0.104. The third kappa shape index (κ3) is 4.18. The number of aromatic nitrogens is 2. The Bertz CT molecular complexity index is 888. The molecule has 2 aromatic rings. The number of nitrogens with zero attached hydrogens (tertiary/aromatic N) is 1. The molecule has 0 saturated heterocycles. The summed E-state index contributed by atoms with van der Waals surface area (Å²) in [5, 5.41) is 3.62. The van der Waals surface area contributed by atoms with Crippen LogP contribution in [0.1, 0.15) is 42.2 Å². The SMILES string of the molecule is CCCn1c(N)c(C(=O)CN[C@@H](C)c2ccccc2Cl)c(=O)[nH]c1=O. The molecule has 0 spiro atoms. The number of nitrogens with one attached hydrogen (secondary N) is 2. The van der Waals surface area contributed by atoms with Crippen molar-refractivity contribution in [3.05, 3.63) is 61.3 Å². The minimum atomic E-state index is -0.771. The van der Waals surface area contributed by atoms with Gasteiger partial charge in [0.2, 0.25) is 0 Å². The summed E-state index contributed by atoms with van der Waals surface area (Å²) < 4.78 is 1.20. The summed E-state index contributed by atoms with van der Waals surface area (Å²) in [6.45, 7) is 3.95. The van der Waals surface area contributed by atoms with E-state index in [1.54, 1.807) is 6.07 Å². The molecule has 1 atom stereocenters. The molecule has 8 heteroatoms. The molecule has 2 rings (SSSR count). The number of H-pyrrole nitrogens is 1. The number of carbonyl (C=O) groups is 1. The fraction of sp³-hybridized carbons (Fsp3) is 0.353. The van der Waals surface area contributed by atoms with Crippen molar-refractivity contribution >= 4 is 23.2 Å². The molecule has 0 amide bonds. The van der Waals surface area contributed by atoms with E-state index in [0.717, 1.165) is 5.56 Å². The molecule has 0 radical (unpaired) electrons. The lowest BCUT2D eigenvalue weighted by Gasteiger charge is -2.16. The average Bonchev–Trinajstić information content (AvgIpc) is 2.56. The molecular weight excluding hydrogens is 344 g/mol. The van der Waals surface area contributed by atoms with Gasteiger partial charge in [-0.2, -0.15) is 0 Å². The van der Waals surface area contributed by atoms with Crippen LogP contribution in [-0.4, -0.2) is 21.9 Å². The standard InChI is InChI=1S/C17H21ClN4O3/c1-3-8-22-15(19)14(16(24)21-17(22)25)13(23)9-20-10(2)11-6-4-5-7-12(11)18/h4-7,10,20H,3,8-9,19H2,1-2H3,(H,21,24,25)/t10-/m0/s1. The van der Waals surface area contributed by atoms with Crippen molar-refractivity contribution in [1.29, 1.82) is 0 Å². The number of hydrogen-bond donors (Lipinski definition) is 3. The second-order valence-corrected chi connectivity index (χ2v) is 6.13. The Hall–Kier alpha value is -2.38. The van der Waals surface area contributed by atoms with Crippen LogP contribution in [0, 0.1) is 0 Å². The van der Waals surface area contributed by atoms with Crippen molar-refractivity contribution in [3.8, 4) is 0 Å². The highest BCUT2D eigenvalue weighted by molar-refractivity contribution is 6.31. The Morgan fingerprint density at radius 2 is 2.04 bits per heavy atom. The van der Waals surface area contributed by atoms with Crippen LogP contribution in [-0.2, 0) is 6.54 Å². The zero-order chi connectivity index (χ0) is 18.6. The minimum Gasteiger partial charge on any atom is -0.384 e. The van der Waals surface area contributed by atoms with Crippen LogP contribution in [0.5, 0.6) is 0 Å². The number of nitrogen functional groups attached to an aromatic ring is 1. The molecule has 0 aliphatic carbocycles. The van der Waals surface area contributed by atoms with Gasteiger partial charge in [-0.3, -0.25) is 19.1 Å². The molecule has 7 nitrogen and oxygen atoms in total. The van der Waals surface area contributed by atoms with Gasteiger partial charge in [-0.05, 0) is 25.0 Å². The lowest BCUT2D eigenvalue weighted by molar-refractivity contribution is 0.0986. The van der Waals surface area contributed by atoms with Gasteiger partial charge in [0.1, 0.15) is 11.4 Å². The van der Waals surface area contributed by atoms with E-state index < -0.39 is 17.0 Å². The number of nitrogens with two attached hydrogens (primary N) is 1.